The van der Waals surface area contributed by atoms with E-state index in [9.17, 15) is 0 Å². The maximum atomic E-state index is 4.62. The quantitative estimate of drug-likeness (QED) is 0.454. The summed E-state index contributed by atoms with van der Waals surface area (Å²) in [6, 6.07) is 12.8. The zero-order chi connectivity index (χ0) is 19.1. The van der Waals surface area contributed by atoms with Gasteiger partial charge in [-0.05, 0) is 48.4 Å². The molecule has 3 nitrogen and oxygen atoms in total. The van der Waals surface area contributed by atoms with Gasteiger partial charge in [0, 0.05) is 29.7 Å². The molecule has 0 bridgehead atoms. The summed E-state index contributed by atoms with van der Waals surface area (Å²) in [6.07, 6.45) is 11.6. The first-order chi connectivity index (χ1) is 13.2. The maximum Gasteiger partial charge on any atom is 0.160 e. The first-order valence-electron chi connectivity index (χ1n) is 10.0. The van der Waals surface area contributed by atoms with E-state index in [2.05, 4.69) is 66.1 Å². The fourth-order valence-corrected chi connectivity index (χ4v) is 3.19. The van der Waals surface area contributed by atoms with Gasteiger partial charge < -0.3 is 0 Å². The Balaban J connectivity index is 1.68. The van der Waals surface area contributed by atoms with Crippen molar-refractivity contribution in [2.75, 3.05) is 0 Å². The number of rotatable bonds is 8. The molecule has 0 fully saturated rings. The Labute approximate surface area is 162 Å². The van der Waals surface area contributed by atoms with Gasteiger partial charge in [0.15, 0.2) is 5.82 Å². The number of aromatic nitrogens is 3. The van der Waals surface area contributed by atoms with Gasteiger partial charge in [0.1, 0.15) is 0 Å². The summed E-state index contributed by atoms with van der Waals surface area (Å²) in [5, 5.41) is 0. The summed E-state index contributed by atoms with van der Waals surface area (Å²) < 4.78 is 0. The van der Waals surface area contributed by atoms with Crippen molar-refractivity contribution in [3.05, 3.63) is 66.1 Å². The van der Waals surface area contributed by atoms with Crippen molar-refractivity contribution in [3.63, 3.8) is 0 Å². The second-order valence-electron chi connectivity index (χ2n) is 7.60. The Hall–Kier alpha value is -2.55. The summed E-state index contributed by atoms with van der Waals surface area (Å²) in [6.45, 7) is 6.71. The highest BCUT2D eigenvalue weighted by Gasteiger charge is 2.05. The Morgan fingerprint density at radius 1 is 0.741 bits per heavy atom. The van der Waals surface area contributed by atoms with E-state index in [0.29, 0.717) is 5.92 Å². The van der Waals surface area contributed by atoms with Gasteiger partial charge in [-0.15, -0.1) is 0 Å². The summed E-state index contributed by atoms with van der Waals surface area (Å²) in [4.78, 5) is 13.7. The number of unbranched alkanes of at least 4 members (excludes halogenated alkanes) is 2. The Kier molecular flexibility index (Phi) is 6.69. The molecule has 2 aromatic heterocycles. The second kappa shape index (κ2) is 9.40. The van der Waals surface area contributed by atoms with Crippen LogP contribution in [0, 0.1) is 5.92 Å². The third kappa shape index (κ3) is 5.46. The minimum Gasteiger partial charge on any atom is -0.255 e. The van der Waals surface area contributed by atoms with E-state index in [1.54, 1.807) is 0 Å². The zero-order valence-corrected chi connectivity index (χ0v) is 16.7. The van der Waals surface area contributed by atoms with Crippen molar-refractivity contribution in [2.45, 2.75) is 52.9 Å². The third-order valence-electron chi connectivity index (χ3n) is 4.69. The second-order valence-corrected chi connectivity index (χ2v) is 7.60. The first kappa shape index (κ1) is 19.2. The lowest BCUT2D eigenvalue weighted by atomic mass is 10.0. The Bertz CT molecular complexity index is 819. The number of benzene rings is 1. The van der Waals surface area contributed by atoms with E-state index in [1.165, 1.54) is 30.4 Å². The molecule has 0 aliphatic heterocycles. The van der Waals surface area contributed by atoms with Crippen LogP contribution < -0.4 is 0 Å². The van der Waals surface area contributed by atoms with Crippen LogP contribution in [0.5, 0.6) is 0 Å². The van der Waals surface area contributed by atoms with Crippen LogP contribution in [0.4, 0.5) is 0 Å². The van der Waals surface area contributed by atoms with Crippen LogP contribution in [0.3, 0.4) is 0 Å². The lowest BCUT2D eigenvalue weighted by molar-refractivity contribution is 0.647. The predicted molar refractivity (Wildman–Crippen MR) is 112 cm³/mol. The molecule has 1 aromatic carbocycles. The van der Waals surface area contributed by atoms with Gasteiger partial charge in [0.25, 0.3) is 0 Å². The first-order valence-corrected chi connectivity index (χ1v) is 10.0. The molecule has 0 atom stereocenters. The smallest absolute Gasteiger partial charge is 0.160 e. The number of pyridine rings is 1. The van der Waals surface area contributed by atoms with E-state index in [-0.39, 0.29) is 0 Å². The van der Waals surface area contributed by atoms with Gasteiger partial charge in [-0.1, -0.05) is 57.9 Å². The molecule has 0 aliphatic carbocycles. The molecule has 0 radical (unpaired) electrons. The normalized spacial score (nSPS) is 11.1. The van der Waals surface area contributed by atoms with Crippen molar-refractivity contribution < 1.29 is 0 Å². The summed E-state index contributed by atoms with van der Waals surface area (Å²) >= 11 is 0. The van der Waals surface area contributed by atoms with E-state index in [0.717, 1.165) is 35.5 Å². The van der Waals surface area contributed by atoms with Crippen molar-refractivity contribution in [3.8, 4) is 22.6 Å². The number of hydrogen-bond acceptors (Lipinski definition) is 3. The van der Waals surface area contributed by atoms with Crippen molar-refractivity contribution in [2.24, 2.45) is 5.92 Å². The molecule has 0 N–H and O–H groups in total. The molecule has 3 aromatic rings. The van der Waals surface area contributed by atoms with Crippen molar-refractivity contribution in [1.29, 1.82) is 0 Å². The minimum absolute atomic E-state index is 0.672. The summed E-state index contributed by atoms with van der Waals surface area (Å²) in [5.41, 5.74) is 5.65. The molecule has 0 saturated carbocycles. The van der Waals surface area contributed by atoms with Crippen LogP contribution in [-0.2, 0) is 12.8 Å². The maximum absolute atomic E-state index is 4.62. The average molecular weight is 360 g/mol. The lowest BCUT2D eigenvalue weighted by Crippen LogP contribution is -1.95. The number of hydrogen-bond donors (Lipinski definition) is 0. The van der Waals surface area contributed by atoms with Gasteiger partial charge >= 0.3 is 0 Å². The van der Waals surface area contributed by atoms with Crippen LogP contribution in [0.15, 0.2) is 55.0 Å². The molecule has 0 amide bonds. The number of aryl methyl sites for hydroxylation is 1. The molecular formula is C24H29N3. The van der Waals surface area contributed by atoms with Gasteiger partial charge in [0.05, 0.1) is 5.69 Å². The van der Waals surface area contributed by atoms with E-state index >= 15 is 0 Å². The lowest BCUT2D eigenvalue weighted by Gasteiger charge is -2.07. The minimum atomic E-state index is 0.672. The molecule has 2 heterocycles. The molecule has 140 valence electrons. The molecule has 27 heavy (non-hydrogen) atoms. The summed E-state index contributed by atoms with van der Waals surface area (Å²) in [7, 11) is 0. The highest BCUT2D eigenvalue weighted by molar-refractivity contribution is 5.63. The monoisotopic (exact) mass is 359 g/mol. The highest BCUT2D eigenvalue weighted by atomic mass is 14.9. The fourth-order valence-electron chi connectivity index (χ4n) is 3.19. The van der Waals surface area contributed by atoms with Gasteiger partial charge in [-0.2, -0.15) is 0 Å². The van der Waals surface area contributed by atoms with Crippen LogP contribution in [-0.4, -0.2) is 15.0 Å². The van der Waals surface area contributed by atoms with Crippen LogP contribution in [0.1, 0.15) is 51.2 Å². The SMILES string of the molecule is CCCCCc1cnc(-c2ccc(-c3ccc(CC(C)C)cc3)nc2)nc1. The van der Waals surface area contributed by atoms with Gasteiger partial charge in [-0.25, -0.2) is 9.97 Å². The molecule has 0 aliphatic rings. The van der Waals surface area contributed by atoms with Gasteiger partial charge in [-0.3, -0.25) is 4.98 Å². The molecule has 0 saturated heterocycles. The fraction of sp³-hybridized carbons (Fsp3) is 0.375. The standard InChI is InChI=1S/C24H29N3/c1-4-5-6-7-20-15-26-24(27-16-20)22-12-13-23(25-17-22)21-10-8-19(9-11-21)14-18(2)3/h8-13,15-18H,4-7,14H2,1-3H3. The van der Waals surface area contributed by atoms with Crippen LogP contribution >= 0.6 is 0 Å². The molecule has 3 heteroatoms. The van der Waals surface area contributed by atoms with E-state index < -0.39 is 0 Å². The molecule has 0 spiro atoms. The third-order valence-corrected chi connectivity index (χ3v) is 4.69. The van der Waals surface area contributed by atoms with E-state index in [4.69, 9.17) is 0 Å². The highest BCUT2D eigenvalue weighted by Crippen LogP contribution is 2.21. The largest absolute Gasteiger partial charge is 0.255 e. The zero-order valence-electron chi connectivity index (χ0n) is 16.7. The van der Waals surface area contributed by atoms with Crippen molar-refractivity contribution >= 4 is 0 Å². The van der Waals surface area contributed by atoms with Crippen molar-refractivity contribution in [1.82, 2.24) is 15.0 Å². The average Bonchev–Trinajstić information content (AvgIpc) is 2.69. The summed E-state index contributed by atoms with van der Waals surface area (Å²) in [5.74, 6) is 1.41. The topological polar surface area (TPSA) is 38.7 Å². The predicted octanol–water partition coefficient (Wildman–Crippen LogP) is 6.14. The Morgan fingerprint density at radius 2 is 1.44 bits per heavy atom. The molecular weight excluding hydrogens is 330 g/mol. The van der Waals surface area contributed by atoms with Crippen LogP contribution in [0.2, 0.25) is 0 Å². The van der Waals surface area contributed by atoms with Crippen LogP contribution in [0.25, 0.3) is 22.6 Å². The van der Waals surface area contributed by atoms with E-state index in [1.807, 2.05) is 24.7 Å². The van der Waals surface area contributed by atoms with Gasteiger partial charge in [0.2, 0.25) is 0 Å². The number of nitrogens with zero attached hydrogens (tertiary/aromatic N) is 3. The Morgan fingerprint density at radius 3 is 2.04 bits per heavy atom. The molecule has 0 unspecified atom stereocenters. The molecule has 3 rings (SSSR count).